The number of nitrogens with one attached hydrogen (secondary N) is 2. The molecule has 33 heavy (non-hydrogen) atoms. The average molecular weight is 446 g/mol. The number of hydrogen-bond donors (Lipinski definition) is 3. The lowest BCUT2D eigenvalue weighted by Crippen LogP contribution is -2.25. The predicted molar refractivity (Wildman–Crippen MR) is 122 cm³/mol. The largest absolute Gasteiger partial charge is 0.482 e. The Bertz CT molecular complexity index is 1180. The number of carboxylic acid groups (broad SMARTS) is 1. The smallest absolute Gasteiger partial charge is 0.411 e. The third-order valence-electron chi connectivity index (χ3n) is 5.45. The number of amides is 2. The van der Waals surface area contributed by atoms with Crippen molar-refractivity contribution in [3.8, 4) is 16.9 Å². The molecule has 0 bridgehead atoms. The van der Waals surface area contributed by atoms with E-state index in [4.69, 9.17) is 9.47 Å². The molecule has 0 atom stereocenters. The maximum Gasteiger partial charge on any atom is 0.411 e. The van der Waals surface area contributed by atoms with E-state index in [0.717, 1.165) is 22.3 Å². The lowest BCUT2D eigenvalue weighted by atomic mass is 9.98. The first-order chi connectivity index (χ1) is 16.0. The second-order valence-corrected chi connectivity index (χ2v) is 7.43. The van der Waals surface area contributed by atoms with Crippen LogP contribution in [0, 0.1) is 0 Å². The summed E-state index contributed by atoms with van der Waals surface area (Å²) in [6.45, 7) is -0.208. The van der Waals surface area contributed by atoms with Crippen molar-refractivity contribution in [3.63, 3.8) is 0 Å². The van der Waals surface area contributed by atoms with E-state index >= 15 is 0 Å². The van der Waals surface area contributed by atoms with Crippen molar-refractivity contribution in [1.82, 2.24) is 5.32 Å². The van der Waals surface area contributed by atoms with Gasteiger partial charge in [0.15, 0.2) is 6.61 Å². The quantitative estimate of drug-likeness (QED) is 0.508. The van der Waals surface area contributed by atoms with Gasteiger partial charge in [-0.15, -0.1) is 0 Å². The zero-order valence-electron chi connectivity index (χ0n) is 17.8. The van der Waals surface area contributed by atoms with Crippen LogP contribution in [0.15, 0.2) is 66.7 Å². The topological polar surface area (TPSA) is 114 Å². The number of likely N-dealkylation sites (N-methyl/N-ethyl adjacent to an activating group) is 1. The molecule has 0 aromatic heterocycles. The Hall–Kier alpha value is -4.33. The molecular weight excluding hydrogens is 424 g/mol. The van der Waals surface area contributed by atoms with Crippen molar-refractivity contribution in [2.75, 3.05) is 25.6 Å². The van der Waals surface area contributed by atoms with Crippen LogP contribution in [0.4, 0.5) is 10.5 Å². The van der Waals surface area contributed by atoms with Crippen molar-refractivity contribution in [2.45, 2.75) is 5.92 Å². The third-order valence-corrected chi connectivity index (χ3v) is 5.45. The molecule has 168 valence electrons. The molecule has 0 saturated carbocycles. The zero-order chi connectivity index (χ0) is 23.4. The Labute approximate surface area is 190 Å². The molecule has 1 aliphatic rings. The maximum atomic E-state index is 12.6. The normalized spacial score (nSPS) is 11.8. The summed E-state index contributed by atoms with van der Waals surface area (Å²) in [5.41, 5.74) is 4.58. The van der Waals surface area contributed by atoms with Gasteiger partial charge in [0.1, 0.15) is 12.4 Å². The van der Waals surface area contributed by atoms with Gasteiger partial charge in [-0.2, -0.15) is 0 Å². The van der Waals surface area contributed by atoms with Gasteiger partial charge in [0.25, 0.3) is 5.91 Å². The fourth-order valence-corrected chi connectivity index (χ4v) is 3.84. The molecule has 3 N–H and O–H groups in total. The van der Waals surface area contributed by atoms with Crippen LogP contribution in [0.1, 0.15) is 27.4 Å². The summed E-state index contributed by atoms with van der Waals surface area (Å²) in [5, 5.41) is 14.2. The number of hydrogen-bond acceptors (Lipinski definition) is 5. The summed E-state index contributed by atoms with van der Waals surface area (Å²) >= 11 is 0. The molecule has 0 heterocycles. The average Bonchev–Trinajstić information content (AvgIpc) is 3.15. The first-order valence-corrected chi connectivity index (χ1v) is 10.3. The van der Waals surface area contributed by atoms with Crippen molar-refractivity contribution in [1.29, 1.82) is 0 Å². The molecule has 0 saturated heterocycles. The number of carbonyl (C=O) groups excluding carboxylic acids is 2. The molecule has 1 aliphatic carbocycles. The van der Waals surface area contributed by atoms with E-state index in [0.29, 0.717) is 0 Å². The lowest BCUT2D eigenvalue weighted by molar-refractivity contribution is -0.122. The number of rotatable bonds is 7. The molecule has 0 unspecified atom stereocenters. The number of aromatic carboxylic acids is 1. The van der Waals surface area contributed by atoms with Crippen LogP contribution in [0.25, 0.3) is 11.1 Å². The Morgan fingerprint density at radius 3 is 2.18 bits per heavy atom. The summed E-state index contributed by atoms with van der Waals surface area (Å²) in [6, 6.07) is 20.0. The molecule has 0 fully saturated rings. The second kappa shape index (κ2) is 9.44. The standard InChI is InChI=1S/C25H22N2O6/c1-26-23(28)14-32-22-12-15(24(29)30)10-11-21(22)27-25(31)33-13-20-18-8-4-2-6-16(18)17-7-3-5-9-19(17)20/h2-12,20H,13-14H2,1H3,(H,26,28)(H,27,31)(H,29,30). The van der Waals surface area contributed by atoms with E-state index in [9.17, 15) is 19.5 Å². The number of ether oxygens (including phenoxy) is 2. The molecule has 0 aliphatic heterocycles. The number of anilines is 1. The summed E-state index contributed by atoms with van der Waals surface area (Å²) in [6.07, 6.45) is -0.718. The van der Waals surface area contributed by atoms with Crippen molar-refractivity contribution < 1.29 is 29.0 Å². The van der Waals surface area contributed by atoms with Gasteiger partial charge in [-0.05, 0) is 40.5 Å². The van der Waals surface area contributed by atoms with Gasteiger partial charge >= 0.3 is 12.1 Å². The molecule has 0 spiro atoms. The van der Waals surface area contributed by atoms with Crippen molar-refractivity contribution in [3.05, 3.63) is 83.4 Å². The monoisotopic (exact) mass is 446 g/mol. The van der Waals surface area contributed by atoms with Crippen LogP contribution in [0.5, 0.6) is 5.75 Å². The van der Waals surface area contributed by atoms with E-state index in [2.05, 4.69) is 10.6 Å². The molecular formula is C25H22N2O6. The van der Waals surface area contributed by atoms with Gasteiger partial charge < -0.3 is 19.9 Å². The van der Waals surface area contributed by atoms with E-state index in [1.54, 1.807) is 0 Å². The minimum absolute atomic E-state index is 0.0417. The van der Waals surface area contributed by atoms with Crippen LogP contribution in [0.3, 0.4) is 0 Å². The summed E-state index contributed by atoms with van der Waals surface area (Å²) in [4.78, 5) is 35.4. The molecule has 0 radical (unpaired) electrons. The molecule has 4 rings (SSSR count). The summed E-state index contributed by atoms with van der Waals surface area (Å²) in [5.74, 6) is -1.61. The predicted octanol–water partition coefficient (Wildman–Crippen LogP) is 3.87. The van der Waals surface area contributed by atoms with Crippen LogP contribution in [-0.4, -0.2) is 43.3 Å². The lowest BCUT2D eigenvalue weighted by Gasteiger charge is -2.16. The highest BCUT2D eigenvalue weighted by atomic mass is 16.5. The number of carbonyl (C=O) groups is 3. The minimum atomic E-state index is -1.16. The van der Waals surface area contributed by atoms with Crippen molar-refractivity contribution in [2.24, 2.45) is 0 Å². The fraction of sp³-hybridized carbons (Fsp3) is 0.160. The van der Waals surface area contributed by atoms with Crippen molar-refractivity contribution >= 4 is 23.7 Å². The number of fused-ring (bicyclic) bond motifs is 3. The molecule has 3 aromatic carbocycles. The van der Waals surface area contributed by atoms with Crippen LogP contribution in [0.2, 0.25) is 0 Å². The van der Waals surface area contributed by atoms with Crippen LogP contribution in [-0.2, 0) is 9.53 Å². The van der Waals surface area contributed by atoms with Gasteiger partial charge in [-0.1, -0.05) is 48.5 Å². The van der Waals surface area contributed by atoms with Crippen LogP contribution < -0.4 is 15.4 Å². The van der Waals surface area contributed by atoms with E-state index < -0.39 is 18.0 Å². The molecule has 8 heteroatoms. The number of benzene rings is 3. The Balaban J connectivity index is 1.48. The Kier molecular flexibility index (Phi) is 6.26. The van der Waals surface area contributed by atoms with Gasteiger partial charge in [0.05, 0.1) is 11.3 Å². The maximum absolute atomic E-state index is 12.6. The number of carboxylic acids is 1. The minimum Gasteiger partial charge on any atom is -0.482 e. The van der Waals surface area contributed by atoms with Crippen LogP contribution >= 0.6 is 0 Å². The van der Waals surface area contributed by atoms with Gasteiger partial charge in [-0.3, -0.25) is 10.1 Å². The second-order valence-electron chi connectivity index (χ2n) is 7.43. The highest BCUT2D eigenvalue weighted by molar-refractivity contribution is 5.92. The first kappa shape index (κ1) is 21.9. The van der Waals surface area contributed by atoms with E-state index in [1.807, 2.05) is 48.5 Å². The van der Waals surface area contributed by atoms with E-state index in [-0.39, 0.29) is 36.1 Å². The molecule has 8 nitrogen and oxygen atoms in total. The highest BCUT2D eigenvalue weighted by Gasteiger charge is 2.29. The Morgan fingerprint density at radius 1 is 0.939 bits per heavy atom. The summed E-state index contributed by atoms with van der Waals surface area (Å²) in [7, 11) is 1.45. The molecule has 3 aromatic rings. The van der Waals surface area contributed by atoms with Gasteiger partial charge in [-0.25, -0.2) is 9.59 Å². The first-order valence-electron chi connectivity index (χ1n) is 10.3. The zero-order valence-corrected chi connectivity index (χ0v) is 17.8. The Morgan fingerprint density at radius 2 is 1.58 bits per heavy atom. The SMILES string of the molecule is CNC(=O)COc1cc(C(=O)O)ccc1NC(=O)OCC1c2ccccc2-c2ccccc21. The van der Waals surface area contributed by atoms with Gasteiger partial charge in [0, 0.05) is 13.0 Å². The van der Waals surface area contributed by atoms with E-state index in [1.165, 1.54) is 25.2 Å². The third kappa shape index (κ3) is 4.64. The molecule has 2 amide bonds. The highest BCUT2D eigenvalue weighted by Crippen LogP contribution is 2.44. The summed E-state index contributed by atoms with van der Waals surface area (Å²) < 4.78 is 10.9. The van der Waals surface area contributed by atoms with Gasteiger partial charge in [0.2, 0.25) is 0 Å². The fourth-order valence-electron chi connectivity index (χ4n) is 3.84.